The van der Waals surface area contributed by atoms with Gasteiger partial charge in [-0.15, -0.1) is 0 Å². The zero-order chi connectivity index (χ0) is 13.3. The molecule has 0 aliphatic heterocycles. The van der Waals surface area contributed by atoms with Crippen molar-refractivity contribution in [2.75, 3.05) is 0 Å². The summed E-state index contributed by atoms with van der Waals surface area (Å²) in [5, 5.41) is 8.91. The van der Waals surface area contributed by atoms with Gasteiger partial charge in [-0.05, 0) is 24.3 Å². The molecule has 18 heavy (non-hydrogen) atoms. The maximum Gasteiger partial charge on any atom is 0.356 e. The van der Waals surface area contributed by atoms with Gasteiger partial charge in [0, 0.05) is 5.56 Å². The van der Waals surface area contributed by atoms with Crippen LogP contribution in [0.15, 0.2) is 30.3 Å². The average Bonchev–Trinajstić information content (AvgIpc) is 2.33. The number of nitrogens with zero attached hydrogens (tertiary/aromatic N) is 1. The molecule has 0 radical (unpaired) electrons. The van der Waals surface area contributed by atoms with Gasteiger partial charge in [0.2, 0.25) is 0 Å². The highest BCUT2D eigenvalue weighted by Gasteiger charge is 2.13. The molecule has 0 atom stereocenters. The highest BCUT2D eigenvalue weighted by atomic mass is 35.5. The molecule has 0 aliphatic rings. The molecule has 0 saturated heterocycles. The minimum absolute atomic E-state index is 0.00817. The lowest BCUT2D eigenvalue weighted by atomic mass is 10.1. The molecule has 0 aliphatic carbocycles. The number of halogens is 3. The van der Waals surface area contributed by atoms with Gasteiger partial charge >= 0.3 is 5.97 Å². The van der Waals surface area contributed by atoms with Crippen LogP contribution in [0.5, 0.6) is 0 Å². The van der Waals surface area contributed by atoms with Crippen molar-refractivity contribution in [1.82, 2.24) is 4.98 Å². The van der Waals surface area contributed by atoms with Gasteiger partial charge in [-0.1, -0.05) is 29.3 Å². The highest BCUT2D eigenvalue weighted by molar-refractivity contribution is 6.33. The summed E-state index contributed by atoms with van der Waals surface area (Å²) in [5.41, 5.74) is 0.466. The fourth-order valence-electron chi connectivity index (χ4n) is 1.41. The first-order chi connectivity index (χ1) is 8.49. The summed E-state index contributed by atoms with van der Waals surface area (Å²) in [7, 11) is 0. The molecular weight excluding hydrogens is 280 g/mol. The molecular formula is C12H6Cl2FNO2. The van der Waals surface area contributed by atoms with Crippen LogP contribution in [0.2, 0.25) is 10.0 Å². The number of carboxylic acid groups (broad SMARTS) is 1. The third-order valence-corrected chi connectivity index (χ3v) is 2.88. The molecule has 92 valence electrons. The zero-order valence-electron chi connectivity index (χ0n) is 8.82. The van der Waals surface area contributed by atoms with Gasteiger partial charge in [0.1, 0.15) is 5.82 Å². The molecule has 0 unspecified atom stereocenters. The minimum atomic E-state index is -1.24. The number of hydrogen-bond acceptors (Lipinski definition) is 2. The van der Waals surface area contributed by atoms with E-state index >= 15 is 0 Å². The number of benzene rings is 1. The molecule has 2 rings (SSSR count). The Labute approximate surface area is 112 Å². The first-order valence-electron chi connectivity index (χ1n) is 4.84. The number of aromatic nitrogens is 1. The standard InChI is InChI=1S/C12H6Cl2FNO2/c13-7-2-1-6(5-9(7)15)10-4-3-8(14)11(16-10)12(17)18/h1-5H,(H,17,18). The van der Waals surface area contributed by atoms with Gasteiger partial charge in [-0.3, -0.25) is 0 Å². The third kappa shape index (κ3) is 2.44. The van der Waals surface area contributed by atoms with Crippen molar-refractivity contribution in [2.45, 2.75) is 0 Å². The smallest absolute Gasteiger partial charge is 0.356 e. The first-order valence-corrected chi connectivity index (χ1v) is 5.60. The van der Waals surface area contributed by atoms with Crippen molar-refractivity contribution in [2.24, 2.45) is 0 Å². The van der Waals surface area contributed by atoms with E-state index in [-0.39, 0.29) is 15.7 Å². The van der Waals surface area contributed by atoms with Crippen LogP contribution in [0.3, 0.4) is 0 Å². The molecule has 0 bridgehead atoms. The van der Waals surface area contributed by atoms with Crippen molar-refractivity contribution >= 4 is 29.2 Å². The van der Waals surface area contributed by atoms with E-state index in [1.54, 1.807) is 6.07 Å². The lowest BCUT2D eigenvalue weighted by Crippen LogP contribution is -2.02. The second-order valence-electron chi connectivity index (χ2n) is 3.46. The number of hydrogen-bond donors (Lipinski definition) is 1. The Balaban J connectivity index is 2.54. The Morgan fingerprint density at radius 3 is 2.44 bits per heavy atom. The van der Waals surface area contributed by atoms with Crippen molar-refractivity contribution < 1.29 is 14.3 Å². The van der Waals surface area contributed by atoms with Crippen LogP contribution in [-0.2, 0) is 0 Å². The first kappa shape index (κ1) is 12.8. The van der Waals surface area contributed by atoms with Gasteiger partial charge in [0.05, 0.1) is 15.7 Å². The summed E-state index contributed by atoms with van der Waals surface area (Å²) in [6.45, 7) is 0. The molecule has 1 heterocycles. The fourth-order valence-corrected chi connectivity index (χ4v) is 1.71. The van der Waals surface area contributed by atoms with E-state index in [0.29, 0.717) is 11.3 Å². The van der Waals surface area contributed by atoms with Crippen LogP contribution in [-0.4, -0.2) is 16.1 Å². The van der Waals surface area contributed by atoms with Crippen LogP contribution >= 0.6 is 23.2 Å². The highest BCUT2D eigenvalue weighted by Crippen LogP contribution is 2.25. The number of carbonyl (C=O) groups is 1. The number of aromatic carboxylic acids is 1. The van der Waals surface area contributed by atoms with E-state index in [1.807, 2.05) is 0 Å². The maximum absolute atomic E-state index is 13.3. The minimum Gasteiger partial charge on any atom is -0.476 e. The second-order valence-corrected chi connectivity index (χ2v) is 4.28. The predicted molar refractivity (Wildman–Crippen MR) is 66.6 cm³/mol. The lowest BCUT2D eigenvalue weighted by molar-refractivity contribution is 0.0691. The van der Waals surface area contributed by atoms with Crippen molar-refractivity contribution in [3.8, 4) is 11.3 Å². The number of carboxylic acids is 1. The van der Waals surface area contributed by atoms with E-state index in [2.05, 4.69) is 4.98 Å². The fraction of sp³-hybridized carbons (Fsp3) is 0. The quantitative estimate of drug-likeness (QED) is 0.911. The van der Waals surface area contributed by atoms with E-state index in [1.165, 1.54) is 24.3 Å². The van der Waals surface area contributed by atoms with Crippen molar-refractivity contribution in [3.05, 3.63) is 51.9 Å². The van der Waals surface area contributed by atoms with E-state index < -0.39 is 11.8 Å². The molecule has 0 saturated carbocycles. The topological polar surface area (TPSA) is 50.2 Å². The van der Waals surface area contributed by atoms with Gasteiger partial charge < -0.3 is 5.11 Å². The summed E-state index contributed by atoms with van der Waals surface area (Å²) in [6.07, 6.45) is 0. The molecule has 1 aromatic heterocycles. The molecule has 6 heteroatoms. The van der Waals surface area contributed by atoms with Gasteiger partial charge in [-0.25, -0.2) is 14.2 Å². The SMILES string of the molecule is O=C(O)c1nc(-c2ccc(Cl)c(F)c2)ccc1Cl. The molecule has 1 aromatic carbocycles. The Kier molecular flexibility index (Phi) is 3.50. The second kappa shape index (κ2) is 4.92. The third-order valence-electron chi connectivity index (χ3n) is 2.26. The van der Waals surface area contributed by atoms with Crippen LogP contribution in [0.4, 0.5) is 4.39 Å². The Morgan fingerprint density at radius 1 is 1.17 bits per heavy atom. The zero-order valence-corrected chi connectivity index (χ0v) is 10.3. The van der Waals surface area contributed by atoms with E-state index in [0.717, 1.165) is 0 Å². The molecule has 3 nitrogen and oxygen atoms in total. The molecule has 0 spiro atoms. The Morgan fingerprint density at radius 2 is 1.83 bits per heavy atom. The predicted octanol–water partition coefficient (Wildman–Crippen LogP) is 3.89. The molecule has 0 amide bonds. The van der Waals surface area contributed by atoms with Crippen LogP contribution < -0.4 is 0 Å². The van der Waals surface area contributed by atoms with E-state index in [9.17, 15) is 9.18 Å². The largest absolute Gasteiger partial charge is 0.476 e. The number of rotatable bonds is 2. The summed E-state index contributed by atoms with van der Waals surface area (Å²) in [5.74, 6) is -1.83. The van der Waals surface area contributed by atoms with Crippen molar-refractivity contribution in [1.29, 1.82) is 0 Å². The summed E-state index contributed by atoms with van der Waals surface area (Å²) >= 11 is 11.3. The van der Waals surface area contributed by atoms with Crippen LogP contribution in [0.25, 0.3) is 11.3 Å². The molecule has 0 fully saturated rings. The van der Waals surface area contributed by atoms with Crippen LogP contribution in [0, 0.1) is 5.82 Å². The van der Waals surface area contributed by atoms with Gasteiger partial charge in [0.25, 0.3) is 0 Å². The van der Waals surface area contributed by atoms with Crippen LogP contribution in [0.1, 0.15) is 10.5 Å². The van der Waals surface area contributed by atoms with Gasteiger partial charge in [0.15, 0.2) is 5.69 Å². The molecule has 2 aromatic rings. The van der Waals surface area contributed by atoms with E-state index in [4.69, 9.17) is 28.3 Å². The monoisotopic (exact) mass is 285 g/mol. The maximum atomic E-state index is 13.3. The summed E-state index contributed by atoms with van der Waals surface area (Å²) in [4.78, 5) is 14.8. The average molecular weight is 286 g/mol. The number of pyridine rings is 1. The van der Waals surface area contributed by atoms with Gasteiger partial charge in [-0.2, -0.15) is 0 Å². The molecule has 1 N–H and O–H groups in total. The lowest BCUT2D eigenvalue weighted by Gasteiger charge is -2.04. The van der Waals surface area contributed by atoms with Crippen molar-refractivity contribution in [3.63, 3.8) is 0 Å². The Bertz CT molecular complexity index is 631. The Hall–Kier alpha value is -1.65. The summed E-state index contributed by atoms with van der Waals surface area (Å²) < 4.78 is 13.3. The normalized spacial score (nSPS) is 10.4. The summed E-state index contributed by atoms with van der Waals surface area (Å²) in [6, 6.07) is 7.03.